The van der Waals surface area contributed by atoms with Gasteiger partial charge in [0.05, 0.1) is 6.21 Å². The number of rotatable bonds is 2. The van der Waals surface area contributed by atoms with E-state index in [1.165, 1.54) is 6.21 Å². The Labute approximate surface area is 71.3 Å². The Hall–Kier alpha value is -1.64. The maximum Gasteiger partial charge on any atom is 0.204 e. The van der Waals surface area contributed by atoms with Gasteiger partial charge in [0, 0.05) is 18.2 Å². The average Bonchev–Trinajstić information content (AvgIpc) is 2.09. The molecule has 0 bridgehead atoms. The van der Waals surface area contributed by atoms with Gasteiger partial charge in [0.25, 0.3) is 0 Å². The number of hydrogen-bond donors (Lipinski definition) is 1. The summed E-state index contributed by atoms with van der Waals surface area (Å²) in [6, 6.07) is 5.88. The lowest BCUT2D eigenvalue weighted by molar-refractivity contribution is -0.673. The van der Waals surface area contributed by atoms with Crippen molar-refractivity contribution in [2.75, 3.05) is 0 Å². The Morgan fingerprint density at radius 3 is 3.00 bits per heavy atom. The number of aryl methyl sites for hydroxylation is 1. The Bertz CT molecular complexity index is 305. The monoisotopic (exact) mass is 163 g/mol. The van der Waals surface area contributed by atoms with Crippen molar-refractivity contribution in [3.8, 4) is 0 Å². The summed E-state index contributed by atoms with van der Waals surface area (Å²) in [4.78, 5) is 0. The predicted molar refractivity (Wildman–Crippen MR) is 46.9 cm³/mol. The third-order valence-corrected chi connectivity index (χ3v) is 1.51. The highest BCUT2D eigenvalue weighted by molar-refractivity contribution is 5.76. The van der Waals surface area contributed by atoms with Crippen molar-refractivity contribution in [2.24, 2.45) is 12.2 Å². The summed E-state index contributed by atoms with van der Waals surface area (Å²) < 4.78 is 1.97. The van der Waals surface area contributed by atoms with Crippen molar-refractivity contribution in [3.05, 3.63) is 36.2 Å². The van der Waals surface area contributed by atoms with Gasteiger partial charge >= 0.3 is 0 Å². The van der Waals surface area contributed by atoms with Crippen molar-refractivity contribution in [1.29, 1.82) is 0 Å². The van der Waals surface area contributed by atoms with Crippen molar-refractivity contribution in [1.82, 2.24) is 0 Å². The molecule has 0 aromatic carbocycles. The first kappa shape index (κ1) is 8.46. The van der Waals surface area contributed by atoms with E-state index in [9.17, 15) is 0 Å². The van der Waals surface area contributed by atoms with Crippen LogP contribution in [0.2, 0.25) is 0 Å². The molecular weight excluding hydrogens is 152 g/mol. The molecule has 0 aliphatic carbocycles. The molecule has 1 aromatic rings. The summed E-state index contributed by atoms with van der Waals surface area (Å²) in [7, 11) is 1.95. The van der Waals surface area contributed by atoms with Crippen LogP contribution in [0.25, 0.3) is 6.08 Å². The number of allylic oxidation sites excluding steroid dienone is 1. The lowest BCUT2D eigenvalue weighted by atomic mass is 10.3. The minimum absolute atomic E-state index is 1.05. The van der Waals surface area contributed by atoms with Gasteiger partial charge in [-0.3, -0.25) is 0 Å². The first-order valence-corrected chi connectivity index (χ1v) is 3.63. The predicted octanol–water partition coefficient (Wildman–Crippen LogP) is 0.984. The molecule has 0 saturated carbocycles. The zero-order chi connectivity index (χ0) is 8.81. The molecule has 0 spiro atoms. The fraction of sp³-hybridized carbons (Fsp3) is 0.111. The minimum Gasteiger partial charge on any atom is -0.411 e. The fourth-order valence-electron chi connectivity index (χ4n) is 0.890. The lowest BCUT2D eigenvalue weighted by Crippen LogP contribution is -2.30. The van der Waals surface area contributed by atoms with Crippen LogP contribution >= 0.6 is 0 Å². The Balaban J connectivity index is 2.82. The van der Waals surface area contributed by atoms with Crippen LogP contribution < -0.4 is 4.57 Å². The first-order chi connectivity index (χ1) is 5.84. The molecule has 1 rings (SSSR count). The summed E-state index contributed by atoms with van der Waals surface area (Å²) in [6.07, 6.45) is 6.82. The molecule has 1 heterocycles. The SMILES string of the molecule is C[n+]1ccccc1C=CC=NO. The zero-order valence-electron chi connectivity index (χ0n) is 6.88. The van der Waals surface area contributed by atoms with Crippen molar-refractivity contribution >= 4 is 12.3 Å². The van der Waals surface area contributed by atoms with E-state index in [-0.39, 0.29) is 0 Å². The molecule has 3 nitrogen and oxygen atoms in total. The second-order valence-electron chi connectivity index (χ2n) is 2.36. The smallest absolute Gasteiger partial charge is 0.204 e. The molecule has 12 heavy (non-hydrogen) atoms. The van der Waals surface area contributed by atoms with E-state index in [1.54, 1.807) is 6.08 Å². The van der Waals surface area contributed by atoms with Gasteiger partial charge in [-0.25, -0.2) is 4.57 Å². The number of nitrogens with zero attached hydrogens (tertiary/aromatic N) is 2. The molecule has 62 valence electrons. The van der Waals surface area contributed by atoms with Gasteiger partial charge in [-0.1, -0.05) is 5.16 Å². The fourth-order valence-corrected chi connectivity index (χ4v) is 0.890. The molecule has 0 fully saturated rings. The largest absolute Gasteiger partial charge is 0.411 e. The molecule has 0 amide bonds. The van der Waals surface area contributed by atoms with Crippen LogP contribution in [-0.4, -0.2) is 11.4 Å². The maximum absolute atomic E-state index is 8.12. The summed E-state index contributed by atoms with van der Waals surface area (Å²) in [5, 5.41) is 11.0. The third kappa shape index (κ3) is 2.20. The number of aromatic nitrogens is 1. The van der Waals surface area contributed by atoms with Crippen LogP contribution in [-0.2, 0) is 7.05 Å². The van der Waals surface area contributed by atoms with Crippen molar-refractivity contribution in [2.45, 2.75) is 0 Å². The van der Waals surface area contributed by atoms with Gasteiger partial charge in [0.2, 0.25) is 5.69 Å². The highest BCUT2D eigenvalue weighted by Gasteiger charge is 1.96. The summed E-state index contributed by atoms with van der Waals surface area (Å²) in [5.41, 5.74) is 1.05. The molecule has 0 aliphatic heterocycles. The van der Waals surface area contributed by atoms with Crippen LogP contribution in [0.15, 0.2) is 35.6 Å². The Morgan fingerprint density at radius 1 is 1.50 bits per heavy atom. The number of hydrogen-bond acceptors (Lipinski definition) is 2. The van der Waals surface area contributed by atoms with Gasteiger partial charge in [-0.05, 0) is 12.1 Å². The molecule has 3 heteroatoms. The average molecular weight is 163 g/mol. The Morgan fingerprint density at radius 2 is 2.33 bits per heavy atom. The first-order valence-electron chi connectivity index (χ1n) is 3.63. The zero-order valence-corrected chi connectivity index (χ0v) is 6.88. The normalized spacial score (nSPS) is 11.4. The highest BCUT2D eigenvalue weighted by atomic mass is 16.4. The quantitative estimate of drug-likeness (QED) is 0.300. The molecule has 1 aromatic heterocycles. The molecule has 0 saturated heterocycles. The van der Waals surface area contributed by atoms with E-state index in [1.807, 2.05) is 42.1 Å². The third-order valence-electron chi connectivity index (χ3n) is 1.51. The van der Waals surface area contributed by atoms with Crippen LogP contribution in [0.1, 0.15) is 5.69 Å². The van der Waals surface area contributed by atoms with E-state index in [2.05, 4.69) is 5.16 Å². The van der Waals surface area contributed by atoms with Gasteiger partial charge in [-0.15, -0.1) is 0 Å². The van der Waals surface area contributed by atoms with Crippen LogP contribution in [0, 0.1) is 0 Å². The number of pyridine rings is 1. The van der Waals surface area contributed by atoms with Gasteiger partial charge in [0.1, 0.15) is 7.05 Å². The van der Waals surface area contributed by atoms with E-state index >= 15 is 0 Å². The molecule has 0 aliphatic rings. The van der Waals surface area contributed by atoms with Crippen molar-refractivity contribution in [3.63, 3.8) is 0 Å². The molecule has 0 atom stereocenters. The Kier molecular flexibility index (Phi) is 3.02. The summed E-state index contributed by atoms with van der Waals surface area (Å²) >= 11 is 0. The van der Waals surface area contributed by atoms with Crippen LogP contribution in [0.5, 0.6) is 0 Å². The number of oxime groups is 1. The maximum atomic E-state index is 8.12. The topological polar surface area (TPSA) is 36.5 Å². The van der Waals surface area contributed by atoms with Crippen LogP contribution in [0.3, 0.4) is 0 Å². The minimum atomic E-state index is 1.05. The molecule has 1 N–H and O–H groups in total. The van der Waals surface area contributed by atoms with Crippen molar-refractivity contribution < 1.29 is 9.77 Å². The van der Waals surface area contributed by atoms with Gasteiger partial charge in [-0.2, -0.15) is 0 Å². The van der Waals surface area contributed by atoms with Crippen LogP contribution in [0.4, 0.5) is 0 Å². The van der Waals surface area contributed by atoms with E-state index in [0.29, 0.717) is 0 Å². The van der Waals surface area contributed by atoms with E-state index < -0.39 is 0 Å². The van der Waals surface area contributed by atoms with Gasteiger partial charge in [0.15, 0.2) is 6.20 Å². The summed E-state index contributed by atoms with van der Waals surface area (Å²) in [5.74, 6) is 0. The van der Waals surface area contributed by atoms with Gasteiger partial charge < -0.3 is 5.21 Å². The molecule has 0 radical (unpaired) electrons. The molecule has 0 unspecified atom stereocenters. The van der Waals surface area contributed by atoms with E-state index in [0.717, 1.165) is 5.69 Å². The lowest BCUT2D eigenvalue weighted by Gasteiger charge is -1.89. The standard InChI is InChI=1S/C9H10N2O/c1-11-8-3-2-5-9(11)6-4-7-10-12/h2-8H,1H3/p+1. The highest BCUT2D eigenvalue weighted by Crippen LogP contribution is 1.92. The molecular formula is C9H11N2O+. The second-order valence-corrected chi connectivity index (χ2v) is 2.36. The summed E-state index contributed by atoms with van der Waals surface area (Å²) in [6.45, 7) is 0. The van der Waals surface area contributed by atoms with E-state index in [4.69, 9.17) is 5.21 Å². The second kappa shape index (κ2) is 4.28.